The second-order valence-corrected chi connectivity index (χ2v) is 10.6. The summed E-state index contributed by atoms with van der Waals surface area (Å²) in [7, 11) is -3.65. The van der Waals surface area contributed by atoms with Crippen molar-refractivity contribution in [3.05, 3.63) is 63.6 Å². The molecule has 0 bridgehead atoms. The smallest absolute Gasteiger partial charge is 0.309 e. The highest BCUT2D eigenvalue weighted by Crippen LogP contribution is 2.29. The Morgan fingerprint density at radius 1 is 1.06 bits per heavy atom. The van der Waals surface area contributed by atoms with Crippen LogP contribution in [0.1, 0.15) is 35.7 Å². The number of sulfonamides is 1. The SMILES string of the molecule is CCOC(=O)C1CCN(C(=O)c2ccc(N(Cc3c(Cl)cccc3Cl)S(C)(=O)=O)cc2)CC1. The predicted octanol–water partition coefficient (Wildman–Crippen LogP) is 4.37. The van der Waals surface area contributed by atoms with E-state index in [9.17, 15) is 18.0 Å². The maximum absolute atomic E-state index is 12.9. The summed E-state index contributed by atoms with van der Waals surface area (Å²) >= 11 is 12.5. The summed E-state index contributed by atoms with van der Waals surface area (Å²) in [5, 5.41) is 0.739. The molecule has 3 rings (SSSR count). The lowest BCUT2D eigenvalue weighted by atomic mass is 9.96. The standard InChI is InChI=1S/C23H26Cl2N2O5S/c1-3-32-23(29)17-11-13-26(14-12-17)22(28)16-7-9-18(10-8-16)27(33(2,30)31)15-19-20(24)5-4-6-21(19)25/h4-10,17H,3,11-15H2,1-2H3. The highest BCUT2D eigenvalue weighted by atomic mass is 35.5. The van der Waals surface area contributed by atoms with E-state index in [0.29, 0.717) is 59.4 Å². The third-order valence-corrected chi connectivity index (χ3v) is 7.42. The molecule has 0 unspecified atom stereocenters. The first-order valence-electron chi connectivity index (χ1n) is 10.6. The van der Waals surface area contributed by atoms with E-state index in [1.165, 1.54) is 4.31 Å². The Morgan fingerprint density at radius 2 is 1.64 bits per heavy atom. The molecule has 1 fully saturated rings. The van der Waals surface area contributed by atoms with Crippen LogP contribution in [-0.2, 0) is 26.1 Å². The van der Waals surface area contributed by atoms with Gasteiger partial charge in [-0.25, -0.2) is 8.42 Å². The van der Waals surface area contributed by atoms with Gasteiger partial charge in [-0.1, -0.05) is 29.3 Å². The Hall–Kier alpha value is -2.29. The number of amides is 1. The predicted molar refractivity (Wildman–Crippen MR) is 129 cm³/mol. The van der Waals surface area contributed by atoms with Crippen molar-refractivity contribution < 1.29 is 22.7 Å². The fraction of sp³-hybridized carbons (Fsp3) is 0.391. The largest absolute Gasteiger partial charge is 0.466 e. The van der Waals surface area contributed by atoms with E-state index in [1.54, 1.807) is 54.3 Å². The van der Waals surface area contributed by atoms with Gasteiger partial charge in [0.25, 0.3) is 5.91 Å². The Morgan fingerprint density at radius 3 is 2.15 bits per heavy atom. The summed E-state index contributed by atoms with van der Waals surface area (Å²) in [6, 6.07) is 11.4. The van der Waals surface area contributed by atoms with E-state index in [-0.39, 0.29) is 24.3 Å². The molecule has 0 aliphatic carbocycles. The van der Waals surface area contributed by atoms with Crippen LogP contribution in [0.25, 0.3) is 0 Å². The van der Waals surface area contributed by atoms with E-state index < -0.39 is 10.0 Å². The Labute approximate surface area is 204 Å². The van der Waals surface area contributed by atoms with Crippen molar-refractivity contribution in [1.29, 1.82) is 0 Å². The molecule has 2 aromatic rings. The summed E-state index contributed by atoms with van der Waals surface area (Å²) in [4.78, 5) is 26.5. The number of anilines is 1. The average molecular weight is 513 g/mol. The number of carbonyl (C=O) groups excluding carboxylic acids is 2. The Kier molecular flexibility index (Phi) is 8.26. The third kappa shape index (κ3) is 6.19. The van der Waals surface area contributed by atoms with Crippen molar-refractivity contribution in [1.82, 2.24) is 4.90 Å². The maximum Gasteiger partial charge on any atom is 0.309 e. The lowest BCUT2D eigenvalue weighted by molar-refractivity contribution is -0.149. The minimum absolute atomic E-state index is 0.0357. The minimum Gasteiger partial charge on any atom is -0.466 e. The average Bonchev–Trinajstić information content (AvgIpc) is 2.78. The van der Waals surface area contributed by atoms with Crippen LogP contribution in [-0.4, -0.2) is 51.1 Å². The van der Waals surface area contributed by atoms with Gasteiger partial charge < -0.3 is 9.64 Å². The van der Waals surface area contributed by atoms with Gasteiger partial charge in [0.15, 0.2) is 0 Å². The molecule has 0 atom stereocenters. The zero-order valence-electron chi connectivity index (χ0n) is 18.5. The number of likely N-dealkylation sites (tertiary alicyclic amines) is 1. The number of piperidine rings is 1. The number of hydrogen-bond acceptors (Lipinski definition) is 5. The van der Waals surface area contributed by atoms with Gasteiger partial charge in [-0.05, 0) is 56.2 Å². The number of rotatable bonds is 7. The first-order valence-corrected chi connectivity index (χ1v) is 13.2. The number of carbonyl (C=O) groups is 2. The normalized spacial score (nSPS) is 14.7. The van der Waals surface area contributed by atoms with E-state index in [2.05, 4.69) is 0 Å². The van der Waals surface area contributed by atoms with Gasteiger partial charge in [-0.15, -0.1) is 0 Å². The number of esters is 1. The monoisotopic (exact) mass is 512 g/mol. The zero-order valence-corrected chi connectivity index (χ0v) is 20.8. The molecule has 0 spiro atoms. The fourth-order valence-corrected chi connectivity index (χ4v) is 5.14. The Balaban J connectivity index is 1.74. The highest BCUT2D eigenvalue weighted by molar-refractivity contribution is 7.92. The number of ether oxygens (including phenoxy) is 1. The van der Waals surface area contributed by atoms with Crippen LogP contribution in [0.4, 0.5) is 5.69 Å². The molecule has 0 saturated carbocycles. The molecule has 0 aromatic heterocycles. The molecule has 1 aliphatic heterocycles. The van der Waals surface area contributed by atoms with Gasteiger partial charge in [0, 0.05) is 34.3 Å². The van der Waals surface area contributed by atoms with Crippen molar-refractivity contribution >= 4 is 50.8 Å². The van der Waals surface area contributed by atoms with Crippen LogP contribution in [0.15, 0.2) is 42.5 Å². The maximum atomic E-state index is 12.9. The van der Waals surface area contributed by atoms with Crippen molar-refractivity contribution in [3.63, 3.8) is 0 Å². The third-order valence-electron chi connectivity index (χ3n) is 5.57. The molecule has 1 heterocycles. The number of benzene rings is 2. The first-order chi connectivity index (χ1) is 15.6. The molecule has 7 nitrogen and oxygen atoms in total. The van der Waals surface area contributed by atoms with Crippen LogP contribution in [0.3, 0.4) is 0 Å². The molecular formula is C23H26Cl2N2O5S. The van der Waals surface area contributed by atoms with Gasteiger partial charge in [0.1, 0.15) is 0 Å². The number of nitrogens with zero attached hydrogens (tertiary/aromatic N) is 2. The van der Waals surface area contributed by atoms with Crippen molar-refractivity contribution in [2.45, 2.75) is 26.3 Å². The van der Waals surface area contributed by atoms with Crippen LogP contribution in [0.2, 0.25) is 10.0 Å². The summed E-state index contributed by atoms with van der Waals surface area (Å²) < 4.78 is 31.2. The van der Waals surface area contributed by atoms with Crippen LogP contribution < -0.4 is 4.31 Å². The van der Waals surface area contributed by atoms with E-state index in [0.717, 1.165) is 6.26 Å². The van der Waals surface area contributed by atoms with E-state index >= 15 is 0 Å². The quantitative estimate of drug-likeness (QED) is 0.514. The van der Waals surface area contributed by atoms with Crippen LogP contribution in [0.5, 0.6) is 0 Å². The molecule has 33 heavy (non-hydrogen) atoms. The topological polar surface area (TPSA) is 84.0 Å². The molecule has 178 valence electrons. The fourth-order valence-electron chi connectivity index (χ4n) is 3.76. The van der Waals surface area contributed by atoms with Gasteiger partial charge in [0.2, 0.25) is 10.0 Å². The zero-order chi connectivity index (χ0) is 24.2. The van der Waals surface area contributed by atoms with E-state index in [1.807, 2.05) is 0 Å². The van der Waals surface area contributed by atoms with Gasteiger partial charge in [-0.3, -0.25) is 13.9 Å². The van der Waals surface area contributed by atoms with E-state index in [4.69, 9.17) is 27.9 Å². The van der Waals surface area contributed by atoms with Crippen LogP contribution in [0, 0.1) is 5.92 Å². The molecule has 10 heteroatoms. The van der Waals surface area contributed by atoms with Gasteiger partial charge in [0.05, 0.1) is 31.0 Å². The first kappa shape index (κ1) is 25.3. The molecular weight excluding hydrogens is 487 g/mol. The summed E-state index contributed by atoms with van der Waals surface area (Å²) in [5.41, 5.74) is 1.33. The molecule has 2 aromatic carbocycles. The molecule has 1 aliphatic rings. The van der Waals surface area contributed by atoms with Gasteiger partial charge in [-0.2, -0.15) is 0 Å². The lowest BCUT2D eigenvalue weighted by Gasteiger charge is -2.31. The molecule has 1 saturated heterocycles. The van der Waals surface area contributed by atoms with Crippen LogP contribution >= 0.6 is 23.2 Å². The summed E-state index contributed by atoms with van der Waals surface area (Å²) in [5.74, 6) is -0.561. The van der Waals surface area contributed by atoms with Crippen molar-refractivity contribution in [2.24, 2.45) is 5.92 Å². The van der Waals surface area contributed by atoms with Crippen molar-refractivity contribution in [3.8, 4) is 0 Å². The number of hydrogen-bond donors (Lipinski definition) is 0. The second-order valence-electron chi connectivity index (χ2n) is 7.84. The molecule has 0 N–H and O–H groups in total. The minimum atomic E-state index is -3.65. The van der Waals surface area contributed by atoms with Gasteiger partial charge >= 0.3 is 5.97 Å². The highest BCUT2D eigenvalue weighted by Gasteiger charge is 2.29. The summed E-state index contributed by atoms with van der Waals surface area (Å²) in [6.45, 7) is 3.01. The summed E-state index contributed by atoms with van der Waals surface area (Å²) in [6.07, 6.45) is 2.22. The molecule has 0 radical (unpaired) electrons. The Bertz CT molecular complexity index is 1090. The lowest BCUT2D eigenvalue weighted by Crippen LogP contribution is -2.40. The van der Waals surface area contributed by atoms with Crippen molar-refractivity contribution in [2.75, 3.05) is 30.3 Å². The second kappa shape index (κ2) is 10.8. The number of halogens is 2. The molecule has 1 amide bonds.